The van der Waals surface area contributed by atoms with Crippen LogP contribution in [0.15, 0.2) is 11.1 Å². The Hall–Kier alpha value is -0.640. The van der Waals surface area contributed by atoms with Crippen LogP contribution in [0.3, 0.4) is 0 Å². The number of nitrogen functional groups attached to an aromatic ring is 1. The maximum atomic E-state index is 5.55. The molecule has 0 unspecified atom stereocenters. The summed E-state index contributed by atoms with van der Waals surface area (Å²) in [6.07, 6.45) is 2.02. The van der Waals surface area contributed by atoms with E-state index in [-0.39, 0.29) is 0 Å². The fourth-order valence-corrected chi connectivity index (χ4v) is 1.59. The summed E-state index contributed by atoms with van der Waals surface area (Å²) in [6.45, 7) is 4.18. The second-order valence-electron chi connectivity index (χ2n) is 2.65. The Bertz CT molecular complexity index is 242. The van der Waals surface area contributed by atoms with E-state index in [0.29, 0.717) is 11.9 Å². The molecule has 0 radical (unpaired) electrons. The average Bonchev–Trinajstić information content (AvgIpc) is 2.30. The summed E-state index contributed by atoms with van der Waals surface area (Å²) in [5.41, 5.74) is 5.55. The van der Waals surface area contributed by atoms with Crippen molar-refractivity contribution < 1.29 is 0 Å². The van der Waals surface area contributed by atoms with Gasteiger partial charge in [-0.15, -0.1) is 11.8 Å². The van der Waals surface area contributed by atoms with E-state index in [0.717, 1.165) is 5.03 Å². The predicted molar refractivity (Wildman–Crippen MR) is 48.8 cm³/mol. The quantitative estimate of drug-likeness (QED) is 0.690. The molecule has 0 saturated carbocycles. The van der Waals surface area contributed by atoms with Crippen LogP contribution in [0.2, 0.25) is 0 Å². The van der Waals surface area contributed by atoms with Gasteiger partial charge in [-0.05, 0) is 20.1 Å². The zero-order valence-corrected chi connectivity index (χ0v) is 7.85. The third-order valence-corrected chi connectivity index (χ3v) is 2.14. The Kier molecular flexibility index (Phi) is 2.44. The number of thioether (sulfide) groups is 1. The second-order valence-corrected chi connectivity index (χ2v) is 3.48. The number of aromatic nitrogens is 2. The Morgan fingerprint density at radius 2 is 2.27 bits per heavy atom. The zero-order valence-electron chi connectivity index (χ0n) is 7.03. The van der Waals surface area contributed by atoms with Crippen LogP contribution in [-0.2, 0) is 0 Å². The predicted octanol–water partition coefficient (Wildman–Crippen LogP) is 1.77. The third kappa shape index (κ3) is 1.68. The highest BCUT2D eigenvalue weighted by Gasteiger charge is 2.06. The minimum atomic E-state index is 0.384. The highest BCUT2D eigenvalue weighted by atomic mass is 32.2. The zero-order chi connectivity index (χ0) is 8.43. The summed E-state index contributed by atoms with van der Waals surface area (Å²) in [7, 11) is 0. The van der Waals surface area contributed by atoms with Gasteiger partial charge in [0.05, 0.1) is 5.03 Å². The number of anilines is 1. The molecule has 1 aromatic heterocycles. The topological polar surface area (TPSA) is 43.8 Å². The molecule has 1 heterocycles. The van der Waals surface area contributed by atoms with Crippen molar-refractivity contribution in [1.82, 2.24) is 9.78 Å². The van der Waals surface area contributed by atoms with Crippen molar-refractivity contribution in [3.05, 3.63) is 6.07 Å². The number of hydrogen-bond donors (Lipinski definition) is 1. The number of nitrogens with zero attached hydrogens (tertiary/aromatic N) is 2. The first kappa shape index (κ1) is 8.46. The highest BCUT2D eigenvalue weighted by molar-refractivity contribution is 7.98. The molecule has 0 saturated heterocycles. The standard InChI is InChI=1S/C7H13N3S/c1-5(2)10-7(11-3)4-6(8)9-10/h4-5H,1-3H3,(H2,8,9). The van der Waals surface area contributed by atoms with Crippen molar-refractivity contribution in [1.29, 1.82) is 0 Å². The molecule has 0 fully saturated rings. The van der Waals surface area contributed by atoms with E-state index in [1.807, 2.05) is 17.0 Å². The molecule has 2 N–H and O–H groups in total. The van der Waals surface area contributed by atoms with E-state index < -0.39 is 0 Å². The van der Waals surface area contributed by atoms with E-state index >= 15 is 0 Å². The molecule has 0 aliphatic rings. The molecule has 0 bridgehead atoms. The van der Waals surface area contributed by atoms with Crippen LogP contribution in [0.5, 0.6) is 0 Å². The minimum absolute atomic E-state index is 0.384. The van der Waals surface area contributed by atoms with Crippen LogP contribution >= 0.6 is 11.8 Å². The van der Waals surface area contributed by atoms with Crippen molar-refractivity contribution >= 4 is 17.6 Å². The Labute approximate surface area is 71.0 Å². The van der Waals surface area contributed by atoms with Gasteiger partial charge in [-0.2, -0.15) is 5.10 Å². The molecule has 0 spiro atoms. The lowest BCUT2D eigenvalue weighted by Gasteiger charge is -2.07. The van der Waals surface area contributed by atoms with Crippen LogP contribution in [0.25, 0.3) is 0 Å². The normalized spacial score (nSPS) is 10.9. The molecular formula is C7H13N3S. The summed E-state index contributed by atoms with van der Waals surface area (Å²) in [4.78, 5) is 0. The Morgan fingerprint density at radius 3 is 2.64 bits per heavy atom. The lowest BCUT2D eigenvalue weighted by Crippen LogP contribution is -2.04. The van der Waals surface area contributed by atoms with Gasteiger partial charge in [0.1, 0.15) is 5.82 Å². The van der Waals surface area contributed by atoms with Crippen LogP contribution in [-0.4, -0.2) is 16.0 Å². The minimum Gasteiger partial charge on any atom is -0.382 e. The van der Waals surface area contributed by atoms with Gasteiger partial charge in [-0.3, -0.25) is 4.68 Å². The van der Waals surface area contributed by atoms with Crippen molar-refractivity contribution in [2.45, 2.75) is 24.9 Å². The molecule has 0 atom stereocenters. The van der Waals surface area contributed by atoms with Gasteiger partial charge < -0.3 is 5.73 Å². The molecular weight excluding hydrogens is 158 g/mol. The van der Waals surface area contributed by atoms with Gasteiger partial charge in [-0.1, -0.05) is 0 Å². The number of nitrogens with two attached hydrogens (primary N) is 1. The van der Waals surface area contributed by atoms with Crippen molar-refractivity contribution in [3.8, 4) is 0 Å². The van der Waals surface area contributed by atoms with Crippen LogP contribution in [0.4, 0.5) is 5.82 Å². The van der Waals surface area contributed by atoms with Gasteiger partial charge >= 0.3 is 0 Å². The monoisotopic (exact) mass is 171 g/mol. The van der Waals surface area contributed by atoms with Gasteiger partial charge in [0.15, 0.2) is 0 Å². The summed E-state index contributed by atoms with van der Waals surface area (Å²) in [5.74, 6) is 0.600. The second kappa shape index (κ2) is 3.17. The molecule has 0 aliphatic heterocycles. The van der Waals surface area contributed by atoms with Crippen molar-refractivity contribution in [2.75, 3.05) is 12.0 Å². The van der Waals surface area contributed by atoms with Gasteiger partial charge in [-0.25, -0.2) is 0 Å². The maximum absolute atomic E-state index is 5.55. The smallest absolute Gasteiger partial charge is 0.146 e. The fraction of sp³-hybridized carbons (Fsp3) is 0.571. The molecule has 0 aromatic carbocycles. The summed E-state index contributed by atoms with van der Waals surface area (Å²) < 4.78 is 1.93. The summed E-state index contributed by atoms with van der Waals surface area (Å²) in [5, 5.41) is 5.28. The highest BCUT2D eigenvalue weighted by Crippen LogP contribution is 2.20. The molecule has 1 rings (SSSR count). The van der Waals surface area contributed by atoms with Crippen molar-refractivity contribution in [2.24, 2.45) is 0 Å². The van der Waals surface area contributed by atoms with Gasteiger partial charge in [0.2, 0.25) is 0 Å². The van der Waals surface area contributed by atoms with E-state index in [2.05, 4.69) is 18.9 Å². The van der Waals surface area contributed by atoms with Crippen molar-refractivity contribution in [3.63, 3.8) is 0 Å². The van der Waals surface area contributed by atoms with Crippen LogP contribution in [0.1, 0.15) is 19.9 Å². The Morgan fingerprint density at radius 1 is 1.64 bits per heavy atom. The molecule has 3 nitrogen and oxygen atoms in total. The molecule has 0 aliphatic carbocycles. The van der Waals surface area contributed by atoms with E-state index in [9.17, 15) is 0 Å². The first-order valence-corrected chi connectivity index (χ1v) is 4.76. The fourth-order valence-electron chi connectivity index (χ4n) is 0.918. The largest absolute Gasteiger partial charge is 0.382 e. The molecule has 4 heteroatoms. The lowest BCUT2D eigenvalue weighted by molar-refractivity contribution is 0.495. The molecule has 62 valence electrons. The Balaban J connectivity index is 3.02. The summed E-state index contributed by atoms with van der Waals surface area (Å²) >= 11 is 1.67. The SMILES string of the molecule is CSc1cc(N)nn1C(C)C. The van der Waals surface area contributed by atoms with E-state index in [4.69, 9.17) is 5.73 Å². The first-order valence-electron chi connectivity index (χ1n) is 3.54. The van der Waals surface area contributed by atoms with Crippen LogP contribution in [0, 0.1) is 0 Å². The average molecular weight is 171 g/mol. The van der Waals surface area contributed by atoms with E-state index in [1.54, 1.807) is 11.8 Å². The summed E-state index contributed by atoms with van der Waals surface area (Å²) in [6, 6.07) is 2.28. The molecule has 1 aromatic rings. The molecule has 0 amide bonds. The number of hydrogen-bond acceptors (Lipinski definition) is 3. The third-order valence-electron chi connectivity index (χ3n) is 1.42. The van der Waals surface area contributed by atoms with Crippen LogP contribution < -0.4 is 5.73 Å². The lowest BCUT2D eigenvalue weighted by atomic mass is 10.4. The maximum Gasteiger partial charge on any atom is 0.146 e. The molecule has 11 heavy (non-hydrogen) atoms. The first-order chi connectivity index (χ1) is 5.15. The van der Waals surface area contributed by atoms with Gasteiger partial charge in [0.25, 0.3) is 0 Å². The number of rotatable bonds is 2. The van der Waals surface area contributed by atoms with E-state index in [1.165, 1.54) is 0 Å². The van der Waals surface area contributed by atoms with Gasteiger partial charge in [0, 0.05) is 12.1 Å².